The molecule has 1 aromatic carbocycles. The molecule has 0 bridgehead atoms. The van der Waals surface area contributed by atoms with Crippen molar-refractivity contribution in [3.8, 4) is 0 Å². The van der Waals surface area contributed by atoms with Gasteiger partial charge in [-0.05, 0) is 24.5 Å². The summed E-state index contributed by atoms with van der Waals surface area (Å²) in [5.41, 5.74) is 2.58. The van der Waals surface area contributed by atoms with Crippen LogP contribution in [0.5, 0.6) is 0 Å². The molecule has 7 heteroatoms. The minimum Gasteiger partial charge on any atom is -0.374 e. The van der Waals surface area contributed by atoms with Crippen molar-refractivity contribution in [2.24, 2.45) is 0 Å². The Morgan fingerprint density at radius 3 is 3.04 bits per heavy atom. The predicted octanol–water partition coefficient (Wildman–Crippen LogP) is 1.59. The second-order valence-electron chi connectivity index (χ2n) is 6.12. The molecule has 0 saturated heterocycles. The minimum atomic E-state index is -0.106. The Labute approximate surface area is 142 Å². The number of benzene rings is 1. The fourth-order valence-corrected chi connectivity index (χ4v) is 3.09. The van der Waals surface area contributed by atoms with Crippen molar-refractivity contribution >= 4 is 11.7 Å². The number of fused-ring (bicyclic) bond motifs is 1. The maximum atomic E-state index is 12.0. The summed E-state index contributed by atoms with van der Waals surface area (Å²) < 4.78 is 1.76. The highest BCUT2D eigenvalue weighted by molar-refractivity contribution is 5.74. The van der Waals surface area contributed by atoms with E-state index in [1.807, 2.05) is 6.20 Å². The zero-order chi connectivity index (χ0) is 16.8. The van der Waals surface area contributed by atoms with Crippen molar-refractivity contribution in [1.29, 1.82) is 0 Å². The Bertz CT molecular complexity index is 657. The molecular formula is C17H24N6O. The number of urea groups is 1. The van der Waals surface area contributed by atoms with E-state index in [0.29, 0.717) is 19.0 Å². The summed E-state index contributed by atoms with van der Waals surface area (Å²) in [5.74, 6) is 0.373. The molecular weight excluding hydrogens is 304 g/mol. The zero-order valence-corrected chi connectivity index (χ0v) is 14.0. The molecule has 0 radical (unpaired) electrons. The van der Waals surface area contributed by atoms with Crippen LogP contribution in [0.15, 0.2) is 36.7 Å². The van der Waals surface area contributed by atoms with Gasteiger partial charge >= 0.3 is 6.03 Å². The first kappa shape index (κ1) is 16.3. The van der Waals surface area contributed by atoms with Crippen LogP contribution in [0, 0.1) is 0 Å². The zero-order valence-electron chi connectivity index (χ0n) is 14.0. The van der Waals surface area contributed by atoms with Crippen LogP contribution in [-0.4, -0.2) is 47.7 Å². The summed E-state index contributed by atoms with van der Waals surface area (Å²) in [5, 5.41) is 13.5. The smallest absolute Gasteiger partial charge is 0.314 e. The van der Waals surface area contributed by atoms with Gasteiger partial charge in [-0.2, -0.15) is 0 Å². The van der Waals surface area contributed by atoms with E-state index in [4.69, 9.17) is 0 Å². The summed E-state index contributed by atoms with van der Waals surface area (Å²) in [4.78, 5) is 14.2. The molecule has 1 aromatic heterocycles. The van der Waals surface area contributed by atoms with Gasteiger partial charge in [0.25, 0.3) is 0 Å². The lowest BCUT2D eigenvalue weighted by Crippen LogP contribution is -2.40. The summed E-state index contributed by atoms with van der Waals surface area (Å²) in [7, 11) is 2.12. The predicted molar refractivity (Wildman–Crippen MR) is 93.1 cm³/mol. The molecule has 2 N–H and O–H groups in total. The fraction of sp³-hybridized carbons (Fsp3) is 0.471. The number of para-hydroxylation sites is 1. The molecule has 7 nitrogen and oxygen atoms in total. The van der Waals surface area contributed by atoms with Gasteiger partial charge in [0.05, 0.1) is 6.20 Å². The van der Waals surface area contributed by atoms with E-state index >= 15 is 0 Å². The van der Waals surface area contributed by atoms with E-state index in [-0.39, 0.29) is 6.03 Å². The molecule has 24 heavy (non-hydrogen) atoms. The van der Waals surface area contributed by atoms with E-state index < -0.39 is 0 Å². The van der Waals surface area contributed by atoms with Gasteiger partial charge in [-0.25, -0.2) is 4.79 Å². The molecule has 1 aliphatic heterocycles. The molecule has 2 amide bonds. The monoisotopic (exact) mass is 328 g/mol. The largest absolute Gasteiger partial charge is 0.374 e. The third-order valence-corrected chi connectivity index (χ3v) is 4.43. The minimum absolute atomic E-state index is 0.106. The topological polar surface area (TPSA) is 75.1 Å². The number of hydrogen-bond acceptors (Lipinski definition) is 4. The van der Waals surface area contributed by atoms with Gasteiger partial charge in [0.2, 0.25) is 0 Å². The Morgan fingerprint density at radius 2 is 2.21 bits per heavy atom. The Balaban J connectivity index is 1.41. The van der Waals surface area contributed by atoms with E-state index in [1.54, 1.807) is 10.9 Å². The average molecular weight is 328 g/mol. The van der Waals surface area contributed by atoms with Crippen molar-refractivity contribution in [3.63, 3.8) is 0 Å². The molecule has 1 aliphatic rings. The van der Waals surface area contributed by atoms with Gasteiger partial charge in [-0.1, -0.05) is 23.4 Å². The molecule has 0 fully saturated rings. The van der Waals surface area contributed by atoms with Crippen LogP contribution in [-0.2, 0) is 6.54 Å². The van der Waals surface area contributed by atoms with E-state index in [1.165, 1.54) is 11.3 Å². The van der Waals surface area contributed by atoms with E-state index in [0.717, 1.165) is 25.9 Å². The summed E-state index contributed by atoms with van der Waals surface area (Å²) in [6.45, 7) is 3.06. The molecule has 128 valence electrons. The number of carbonyl (C=O) groups excluding carboxylic acids is 1. The molecule has 2 heterocycles. The first-order chi connectivity index (χ1) is 11.7. The van der Waals surface area contributed by atoms with Crippen molar-refractivity contribution < 1.29 is 4.79 Å². The van der Waals surface area contributed by atoms with Crippen LogP contribution in [0.3, 0.4) is 0 Å². The van der Waals surface area contributed by atoms with Gasteiger partial charge in [-0.3, -0.25) is 4.68 Å². The van der Waals surface area contributed by atoms with Crippen LogP contribution in [0.25, 0.3) is 0 Å². The highest BCUT2D eigenvalue weighted by Gasteiger charge is 2.22. The van der Waals surface area contributed by atoms with Crippen molar-refractivity contribution in [2.75, 3.05) is 31.6 Å². The Morgan fingerprint density at radius 1 is 1.33 bits per heavy atom. The average Bonchev–Trinajstić information content (AvgIpc) is 3.12. The third-order valence-electron chi connectivity index (χ3n) is 4.43. The van der Waals surface area contributed by atoms with Gasteiger partial charge in [-0.15, -0.1) is 5.10 Å². The van der Waals surface area contributed by atoms with Crippen molar-refractivity contribution in [1.82, 2.24) is 25.6 Å². The van der Waals surface area contributed by atoms with Gasteiger partial charge in [0.1, 0.15) is 0 Å². The second kappa shape index (κ2) is 7.81. The lowest BCUT2D eigenvalue weighted by atomic mass is 9.90. The lowest BCUT2D eigenvalue weighted by Gasteiger charge is -2.33. The van der Waals surface area contributed by atoms with Crippen LogP contribution < -0.4 is 15.5 Å². The number of aromatic nitrogens is 3. The number of hydrogen-bond donors (Lipinski definition) is 2. The SMILES string of the molecule is CN1CC[C@H](CNC(=O)NCCCn2ccnn2)c2ccccc21. The molecule has 0 aliphatic carbocycles. The van der Waals surface area contributed by atoms with Crippen molar-refractivity contribution in [2.45, 2.75) is 25.3 Å². The van der Waals surface area contributed by atoms with Gasteiger partial charge in [0, 0.05) is 51.0 Å². The highest BCUT2D eigenvalue weighted by Crippen LogP contribution is 2.33. The van der Waals surface area contributed by atoms with Crippen LogP contribution in [0.4, 0.5) is 10.5 Å². The lowest BCUT2D eigenvalue weighted by molar-refractivity contribution is 0.239. The fourth-order valence-electron chi connectivity index (χ4n) is 3.09. The summed E-state index contributed by atoms with van der Waals surface area (Å²) >= 11 is 0. The van der Waals surface area contributed by atoms with Crippen molar-refractivity contribution in [3.05, 3.63) is 42.2 Å². The second-order valence-corrected chi connectivity index (χ2v) is 6.12. The highest BCUT2D eigenvalue weighted by atomic mass is 16.2. The molecule has 0 saturated carbocycles. The van der Waals surface area contributed by atoms with Crippen LogP contribution >= 0.6 is 0 Å². The molecule has 3 rings (SSSR count). The van der Waals surface area contributed by atoms with E-state index in [9.17, 15) is 4.79 Å². The van der Waals surface area contributed by atoms with Gasteiger partial charge < -0.3 is 15.5 Å². The quantitative estimate of drug-likeness (QED) is 0.790. The standard InChI is InChI=1S/C17H24N6O/c1-22-11-7-14(15-5-2-3-6-16(15)22)13-19-17(24)18-8-4-10-23-12-9-20-21-23/h2-3,5-6,9,12,14H,4,7-8,10-11,13H2,1H3,(H2,18,19,24)/t14-/m1/s1. The number of carbonyl (C=O) groups is 1. The Hall–Kier alpha value is -2.57. The number of rotatable bonds is 6. The van der Waals surface area contributed by atoms with Gasteiger partial charge in [0.15, 0.2) is 0 Å². The first-order valence-corrected chi connectivity index (χ1v) is 8.40. The van der Waals surface area contributed by atoms with E-state index in [2.05, 4.69) is 57.2 Å². The molecule has 0 spiro atoms. The number of anilines is 1. The molecule has 0 unspecified atom stereocenters. The summed E-state index contributed by atoms with van der Waals surface area (Å²) in [6, 6.07) is 8.33. The molecule has 1 atom stereocenters. The third kappa shape index (κ3) is 4.04. The summed E-state index contributed by atoms with van der Waals surface area (Å²) in [6.07, 6.45) is 5.35. The number of nitrogens with zero attached hydrogens (tertiary/aromatic N) is 4. The maximum Gasteiger partial charge on any atom is 0.314 e. The number of aryl methyl sites for hydroxylation is 1. The first-order valence-electron chi connectivity index (χ1n) is 8.40. The van der Waals surface area contributed by atoms with Crippen LogP contribution in [0.2, 0.25) is 0 Å². The normalized spacial score (nSPS) is 16.5. The maximum absolute atomic E-state index is 12.0. The molecule has 2 aromatic rings. The van der Waals surface area contributed by atoms with Crippen LogP contribution in [0.1, 0.15) is 24.3 Å². The Kier molecular flexibility index (Phi) is 5.30. The number of nitrogens with one attached hydrogen (secondary N) is 2. The number of amides is 2.